The highest BCUT2D eigenvalue weighted by atomic mass is 16.5. The molecule has 0 aliphatic carbocycles. The molecule has 20 heavy (non-hydrogen) atoms. The predicted molar refractivity (Wildman–Crippen MR) is 78.5 cm³/mol. The molecular formula is C14H15N5O. The fourth-order valence-corrected chi connectivity index (χ4v) is 2.25. The second-order valence-electron chi connectivity index (χ2n) is 4.62. The molecule has 0 saturated carbocycles. The summed E-state index contributed by atoms with van der Waals surface area (Å²) in [5, 5.41) is 7.96. The van der Waals surface area contributed by atoms with Gasteiger partial charge in [0, 0.05) is 18.1 Å². The van der Waals surface area contributed by atoms with Crippen molar-refractivity contribution < 1.29 is 4.52 Å². The molecule has 3 rings (SSSR count). The third-order valence-corrected chi connectivity index (χ3v) is 3.21. The lowest BCUT2D eigenvalue weighted by atomic mass is 10.1. The second kappa shape index (κ2) is 4.48. The van der Waals surface area contributed by atoms with Crippen LogP contribution in [0.3, 0.4) is 0 Å². The van der Waals surface area contributed by atoms with E-state index in [0.717, 1.165) is 28.0 Å². The summed E-state index contributed by atoms with van der Waals surface area (Å²) in [4.78, 5) is 9.13. The lowest BCUT2D eigenvalue weighted by molar-refractivity contribution is 0.393. The van der Waals surface area contributed by atoms with Gasteiger partial charge in [-0.1, -0.05) is 5.16 Å². The van der Waals surface area contributed by atoms with Crippen molar-refractivity contribution in [3.63, 3.8) is 0 Å². The Balaban J connectivity index is 2.32. The van der Waals surface area contributed by atoms with Gasteiger partial charge in [-0.2, -0.15) is 0 Å². The van der Waals surface area contributed by atoms with Gasteiger partial charge in [-0.05, 0) is 32.0 Å². The molecule has 3 aromatic rings. The number of benzene rings is 1. The molecule has 6 heteroatoms. The molecule has 0 radical (unpaired) electrons. The summed E-state index contributed by atoms with van der Waals surface area (Å²) in [6.45, 7) is 3.72. The minimum absolute atomic E-state index is 0.587. The van der Waals surface area contributed by atoms with E-state index in [1.165, 1.54) is 0 Å². The molecule has 0 saturated heterocycles. The Morgan fingerprint density at radius 3 is 2.65 bits per heavy atom. The van der Waals surface area contributed by atoms with Gasteiger partial charge in [0.15, 0.2) is 5.82 Å². The zero-order chi connectivity index (χ0) is 14.3. The van der Waals surface area contributed by atoms with Crippen LogP contribution in [0, 0.1) is 13.8 Å². The van der Waals surface area contributed by atoms with E-state index in [9.17, 15) is 0 Å². The van der Waals surface area contributed by atoms with Crippen molar-refractivity contribution in [3.8, 4) is 11.4 Å². The highest BCUT2D eigenvalue weighted by molar-refractivity contribution is 5.92. The monoisotopic (exact) mass is 269 g/mol. The summed E-state index contributed by atoms with van der Waals surface area (Å²) >= 11 is 0. The number of aromatic nitrogens is 3. The normalized spacial score (nSPS) is 10.9. The van der Waals surface area contributed by atoms with Crippen molar-refractivity contribution in [2.24, 2.45) is 0 Å². The van der Waals surface area contributed by atoms with Crippen molar-refractivity contribution in [3.05, 3.63) is 29.7 Å². The lowest BCUT2D eigenvalue weighted by Crippen LogP contribution is -2.00. The molecule has 6 nitrogen and oxygen atoms in total. The SMILES string of the molecule is CNc1nc(-c2c(C)noc2C)nc2cc(N)ccc12. The standard InChI is InChI=1S/C14H15N5O/c1-7-12(8(2)20-19-7)14-17-11-6-9(15)4-5-10(11)13(16-3)18-14/h4-6H,15H2,1-3H3,(H,16,17,18). The van der Waals surface area contributed by atoms with Crippen LogP contribution in [-0.2, 0) is 0 Å². The first-order valence-electron chi connectivity index (χ1n) is 6.28. The first-order valence-corrected chi connectivity index (χ1v) is 6.28. The molecule has 0 bridgehead atoms. The number of nitrogens with zero attached hydrogens (tertiary/aromatic N) is 3. The number of nitrogens with two attached hydrogens (primary N) is 1. The van der Waals surface area contributed by atoms with Crippen LogP contribution in [0.1, 0.15) is 11.5 Å². The third kappa shape index (κ3) is 1.85. The molecule has 2 aromatic heterocycles. The van der Waals surface area contributed by atoms with Gasteiger partial charge in [-0.25, -0.2) is 9.97 Å². The number of rotatable bonds is 2. The van der Waals surface area contributed by atoms with Gasteiger partial charge in [0.25, 0.3) is 0 Å². The predicted octanol–water partition coefficient (Wildman–Crippen LogP) is 2.53. The van der Waals surface area contributed by atoms with Crippen LogP contribution in [0.15, 0.2) is 22.7 Å². The Labute approximate surface area is 116 Å². The fourth-order valence-electron chi connectivity index (χ4n) is 2.25. The Morgan fingerprint density at radius 1 is 1.20 bits per heavy atom. The quantitative estimate of drug-likeness (QED) is 0.695. The van der Waals surface area contributed by atoms with Crippen LogP contribution in [0.2, 0.25) is 0 Å². The number of anilines is 2. The minimum Gasteiger partial charge on any atom is -0.399 e. The number of hydrogen-bond acceptors (Lipinski definition) is 6. The molecular weight excluding hydrogens is 254 g/mol. The van der Waals surface area contributed by atoms with Crippen LogP contribution < -0.4 is 11.1 Å². The Kier molecular flexibility index (Phi) is 2.78. The van der Waals surface area contributed by atoms with E-state index in [1.54, 1.807) is 0 Å². The van der Waals surface area contributed by atoms with E-state index in [4.69, 9.17) is 10.3 Å². The van der Waals surface area contributed by atoms with Crippen LogP contribution in [0.4, 0.5) is 11.5 Å². The van der Waals surface area contributed by atoms with Crippen LogP contribution >= 0.6 is 0 Å². The number of hydrogen-bond donors (Lipinski definition) is 2. The number of aryl methyl sites for hydroxylation is 2. The van der Waals surface area contributed by atoms with Gasteiger partial charge in [0.2, 0.25) is 0 Å². The Bertz CT molecular complexity index is 774. The van der Waals surface area contributed by atoms with Crippen molar-refractivity contribution in [1.82, 2.24) is 15.1 Å². The molecule has 0 spiro atoms. The largest absolute Gasteiger partial charge is 0.399 e. The molecule has 2 heterocycles. The van der Waals surface area contributed by atoms with Crippen molar-refractivity contribution in [2.75, 3.05) is 18.1 Å². The van der Waals surface area contributed by atoms with Gasteiger partial charge in [-0.3, -0.25) is 0 Å². The first kappa shape index (κ1) is 12.4. The zero-order valence-electron chi connectivity index (χ0n) is 11.6. The first-order chi connectivity index (χ1) is 9.60. The van der Waals surface area contributed by atoms with E-state index in [0.29, 0.717) is 17.3 Å². The lowest BCUT2D eigenvalue weighted by Gasteiger charge is -2.08. The summed E-state index contributed by atoms with van der Waals surface area (Å²) in [5.74, 6) is 2.04. The van der Waals surface area contributed by atoms with Gasteiger partial charge in [0.1, 0.15) is 11.6 Å². The summed E-state index contributed by atoms with van der Waals surface area (Å²) in [6, 6.07) is 5.58. The van der Waals surface area contributed by atoms with E-state index >= 15 is 0 Å². The highest BCUT2D eigenvalue weighted by Crippen LogP contribution is 2.29. The average molecular weight is 269 g/mol. The summed E-state index contributed by atoms with van der Waals surface area (Å²) in [5.41, 5.74) is 8.89. The van der Waals surface area contributed by atoms with Gasteiger partial charge < -0.3 is 15.6 Å². The van der Waals surface area contributed by atoms with E-state index < -0.39 is 0 Å². The van der Waals surface area contributed by atoms with Crippen LogP contribution in [-0.4, -0.2) is 22.2 Å². The van der Waals surface area contributed by atoms with Gasteiger partial charge >= 0.3 is 0 Å². The van der Waals surface area contributed by atoms with Crippen molar-refractivity contribution in [1.29, 1.82) is 0 Å². The number of fused-ring (bicyclic) bond motifs is 1. The van der Waals surface area contributed by atoms with Crippen molar-refractivity contribution >= 4 is 22.4 Å². The average Bonchev–Trinajstić information content (AvgIpc) is 2.76. The van der Waals surface area contributed by atoms with Gasteiger partial charge in [0.05, 0.1) is 16.8 Å². The van der Waals surface area contributed by atoms with E-state index in [-0.39, 0.29) is 0 Å². The molecule has 0 aliphatic rings. The third-order valence-electron chi connectivity index (χ3n) is 3.21. The maximum atomic E-state index is 5.83. The molecule has 0 aliphatic heterocycles. The van der Waals surface area contributed by atoms with Gasteiger partial charge in [-0.15, -0.1) is 0 Å². The summed E-state index contributed by atoms with van der Waals surface area (Å²) < 4.78 is 5.18. The molecule has 0 fully saturated rings. The maximum Gasteiger partial charge on any atom is 0.167 e. The Morgan fingerprint density at radius 2 is 2.00 bits per heavy atom. The smallest absolute Gasteiger partial charge is 0.167 e. The number of nitrogen functional groups attached to an aromatic ring is 1. The molecule has 102 valence electrons. The molecule has 1 aromatic carbocycles. The van der Waals surface area contributed by atoms with Crippen LogP contribution in [0.25, 0.3) is 22.3 Å². The zero-order valence-corrected chi connectivity index (χ0v) is 11.6. The second-order valence-corrected chi connectivity index (χ2v) is 4.62. The van der Waals surface area contributed by atoms with Crippen LogP contribution in [0.5, 0.6) is 0 Å². The van der Waals surface area contributed by atoms with E-state index in [1.807, 2.05) is 39.1 Å². The maximum absolute atomic E-state index is 5.83. The fraction of sp³-hybridized carbons (Fsp3) is 0.214. The molecule has 3 N–H and O–H groups in total. The van der Waals surface area contributed by atoms with E-state index in [2.05, 4.69) is 20.4 Å². The number of nitrogens with one attached hydrogen (secondary N) is 1. The summed E-state index contributed by atoms with van der Waals surface area (Å²) in [6.07, 6.45) is 0. The topological polar surface area (TPSA) is 89.9 Å². The molecule has 0 atom stereocenters. The molecule has 0 unspecified atom stereocenters. The summed E-state index contributed by atoms with van der Waals surface area (Å²) in [7, 11) is 1.83. The van der Waals surface area contributed by atoms with Crippen molar-refractivity contribution in [2.45, 2.75) is 13.8 Å². The minimum atomic E-state index is 0.587. The highest BCUT2D eigenvalue weighted by Gasteiger charge is 2.16. The molecule has 0 amide bonds. The Hall–Kier alpha value is -2.63.